The van der Waals surface area contributed by atoms with Crippen molar-refractivity contribution in [3.63, 3.8) is 0 Å². The molecule has 1 atom stereocenters. The molecular weight excluding hydrogens is 509 g/mol. The number of benzene rings is 1. The Morgan fingerprint density at radius 1 is 1.03 bits per heavy atom. The summed E-state index contributed by atoms with van der Waals surface area (Å²) < 4.78 is 5.57. The van der Waals surface area contributed by atoms with Crippen molar-refractivity contribution in [1.82, 2.24) is 15.1 Å². The van der Waals surface area contributed by atoms with Crippen molar-refractivity contribution in [3.05, 3.63) is 53.4 Å². The summed E-state index contributed by atoms with van der Waals surface area (Å²) in [5, 5.41) is 7.18. The normalized spacial score (nSPS) is 19.3. The highest BCUT2D eigenvalue weighted by atomic mass is 127. The van der Waals surface area contributed by atoms with Crippen molar-refractivity contribution >= 4 is 46.3 Å². The molecule has 2 fully saturated rings. The zero-order valence-corrected chi connectivity index (χ0v) is 20.7. The number of aliphatic imine (C=N–C) groups is 1. The molecule has 1 N–H and O–H groups in total. The lowest BCUT2D eigenvalue weighted by atomic mass is 10.0. The fraction of sp³-hybridized carbons (Fsp3) is 0.500. The van der Waals surface area contributed by atoms with E-state index < -0.39 is 0 Å². The van der Waals surface area contributed by atoms with Gasteiger partial charge in [-0.15, -0.1) is 35.3 Å². The summed E-state index contributed by atoms with van der Waals surface area (Å²) in [5.74, 6) is 1.00. The molecular formula is C22H32IN5OS. The Labute approximate surface area is 200 Å². The van der Waals surface area contributed by atoms with Crippen LogP contribution in [0.15, 0.2) is 52.8 Å². The van der Waals surface area contributed by atoms with Gasteiger partial charge < -0.3 is 19.9 Å². The van der Waals surface area contributed by atoms with Crippen molar-refractivity contribution in [2.75, 3.05) is 71.0 Å². The van der Waals surface area contributed by atoms with Crippen LogP contribution in [0.3, 0.4) is 0 Å². The summed E-state index contributed by atoms with van der Waals surface area (Å²) in [4.78, 5) is 12.0. The molecule has 6 nitrogen and oxygen atoms in total. The molecule has 0 amide bonds. The Hall–Kier alpha value is -1.36. The zero-order valence-electron chi connectivity index (χ0n) is 17.6. The van der Waals surface area contributed by atoms with Crippen molar-refractivity contribution in [1.29, 1.82) is 0 Å². The number of thiophene rings is 1. The van der Waals surface area contributed by atoms with E-state index in [1.165, 1.54) is 10.6 Å². The summed E-state index contributed by atoms with van der Waals surface area (Å²) in [6, 6.07) is 15.4. The minimum absolute atomic E-state index is 0. The molecule has 4 rings (SSSR count). The number of morpholine rings is 1. The quantitative estimate of drug-likeness (QED) is 0.358. The fourth-order valence-corrected chi connectivity index (χ4v) is 4.92. The highest BCUT2D eigenvalue weighted by molar-refractivity contribution is 14.0. The molecule has 0 bridgehead atoms. The molecule has 0 aliphatic carbocycles. The molecule has 3 heterocycles. The van der Waals surface area contributed by atoms with Crippen LogP contribution in [-0.4, -0.2) is 81.8 Å². The zero-order chi connectivity index (χ0) is 19.9. The molecule has 2 saturated heterocycles. The topological polar surface area (TPSA) is 43.3 Å². The van der Waals surface area contributed by atoms with Gasteiger partial charge in [-0.1, -0.05) is 30.3 Å². The molecule has 2 aliphatic heterocycles. The van der Waals surface area contributed by atoms with E-state index >= 15 is 0 Å². The second-order valence-electron chi connectivity index (χ2n) is 7.43. The van der Waals surface area contributed by atoms with E-state index in [1.807, 2.05) is 18.4 Å². The highest BCUT2D eigenvalue weighted by Gasteiger charge is 2.25. The third kappa shape index (κ3) is 5.87. The molecule has 2 aromatic rings. The molecule has 1 aromatic carbocycles. The van der Waals surface area contributed by atoms with Gasteiger partial charge in [0, 0.05) is 52.9 Å². The minimum atomic E-state index is 0. The first-order valence-corrected chi connectivity index (χ1v) is 11.3. The lowest BCUT2D eigenvalue weighted by Crippen LogP contribution is -2.53. The molecule has 1 aromatic heterocycles. The Bertz CT molecular complexity index is 759. The van der Waals surface area contributed by atoms with E-state index in [9.17, 15) is 0 Å². The van der Waals surface area contributed by atoms with Crippen molar-refractivity contribution in [3.8, 4) is 0 Å². The highest BCUT2D eigenvalue weighted by Crippen LogP contribution is 2.23. The van der Waals surface area contributed by atoms with Gasteiger partial charge in [0.1, 0.15) is 0 Å². The Morgan fingerprint density at radius 2 is 1.77 bits per heavy atom. The van der Waals surface area contributed by atoms with Crippen LogP contribution in [0.5, 0.6) is 0 Å². The maximum absolute atomic E-state index is 5.57. The second-order valence-corrected chi connectivity index (χ2v) is 8.35. The molecule has 164 valence electrons. The number of anilines is 1. The standard InChI is InChI=1S/C22H31N5OS.HI/c1-23-22(27-11-9-26(10-12-27)21-8-5-17-29-21)24-18-20(19-6-3-2-4-7-19)25-13-15-28-16-14-25;/h2-8,17,20H,9-16,18H2,1H3,(H,23,24);1H. The average molecular weight is 542 g/mol. The average Bonchev–Trinajstić information content (AvgIpc) is 3.33. The fourth-order valence-electron chi connectivity index (χ4n) is 4.13. The van der Waals surface area contributed by atoms with Crippen molar-refractivity contribution < 1.29 is 4.74 Å². The summed E-state index contributed by atoms with van der Waals surface area (Å²) >= 11 is 1.82. The predicted octanol–water partition coefficient (Wildman–Crippen LogP) is 3.14. The van der Waals surface area contributed by atoms with Crippen LogP contribution < -0.4 is 10.2 Å². The van der Waals surface area contributed by atoms with Crippen molar-refractivity contribution in [2.24, 2.45) is 4.99 Å². The maximum atomic E-state index is 5.57. The van der Waals surface area contributed by atoms with Gasteiger partial charge in [-0.3, -0.25) is 9.89 Å². The first-order chi connectivity index (χ1) is 14.3. The third-order valence-electron chi connectivity index (χ3n) is 5.73. The molecule has 0 saturated carbocycles. The largest absolute Gasteiger partial charge is 0.379 e. The number of halogens is 1. The van der Waals surface area contributed by atoms with Gasteiger partial charge in [0.05, 0.1) is 24.3 Å². The van der Waals surface area contributed by atoms with Crippen LogP contribution >= 0.6 is 35.3 Å². The number of nitrogens with one attached hydrogen (secondary N) is 1. The van der Waals surface area contributed by atoms with Crippen LogP contribution in [0.2, 0.25) is 0 Å². The first-order valence-electron chi connectivity index (χ1n) is 10.5. The molecule has 0 radical (unpaired) electrons. The molecule has 1 unspecified atom stereocenters. The predicted molar refractivity (Wildman–Crippen MR) is 136 cm³/mol. The number of guanidine groups is 1. The number of nitrogens with zero attached hydrogens (tertiary/aromatic N) is 4. The summed E-state index contributed by atoms with van der Waals surface area (Å²) in [5.41, 5.74) is 1.35. The van der Waals surface area contributed by atoms with E-state index in [-0.39, 0.29) is 24.0 Å². The lowest BCUT2D eigenvalue weighted by molar-refractivity contribution is 0.0169. The Kier molecular flexibility index (Phi) is 9.23. The van der Waals surface area contributed by atoms with Gasteiger partial charge in [0.2, 0.25) is 0 Å². The van der Waals surface area contributed by atoms with Crippen molar-refractivity contribution in [2.45, 2.75) is 6.04 Å². The molecule has 30 heavy (non-hydrogen) atoms. The van der Waals surface area contributed by atoms with E-state index in [1.54, 1.807) is 0 Å². The lowest BCUT2D eigenvalue weighted by Gasteiger charge is -2.39. The van der Waals surface area contributed by atoms with E-state index in [4.69, 9.17) is 4.74 Å². The van der Waals surface area contributed by atoms with Gasteiger partial charge in [0.15, 0.2) is 5.96 Å². The molecule has 8 heteroatoms. The van der Waals surface area contributed by atoms with E-state index in [0.29, 0.717) is 6.04 Å². The van der Waals surface area contributed by atoms with Crippen LogP contribution in [0.25, 0.3) is 0 Å². The van der Waals surface area contributed by atoms with Crippen LogP contribution in [-0.2, 0) is 4.74 Å². The monoisotopic (exact) mass is 541 g/mol. The third-order valence-corrected chi connectivity index (χ3v) is 6.66. The van der Waals surface area contributed by atoms with Crippen LogP contribution in [0.4, 0.5) is 5.00 Å². The SMILES string of the molecule is CN=C(NCC(c1ccccc1)N1CCOCC1)N1CCN(c2cccs2)CC1.I. The van der Waals surface area contributed by atoms with Gasteiger partial charge in [-0.2, -0.15) is 0 Å². The number of hydrogen-bond acceptors (Lipinski definition) is 5. The second kappa shape index (κ2) is 11.9. The summed E-state index contributed by atoms with van der Waals surface area (Å²) in [6.07, 6.45) is 0. The summed E-state index contributed by atoms with van der Waals surface area (Å²) in [6.45, 7) is 8.46. The van der Waals surface area contributed by atoms with E-state index in [0.717, 1.165) is 65.0 Å². The van der Waals surface area contributed by atoms with Crippen LogP contribution in [0.1, 0.15) is 11.6 Å². The first kappa shape index (κ1) is 23.3. The Morgan fingerprint density at radius 3 is 2.40 bits per heavy atom. The number of piperazine rings is 1. The number of hydrogen-bond donors (Lipinski definition) is 1. The van der Waals surface area contributed by atoms with Gasteiger partial charge in [-0.25, -0.2) is 0 Å². The Balaban J connectivity index is 0.00000256. The minimum Gasteiger partial charge on any atom is -0.379 e. The summed E-state index contributed by atoms with van der Waals surface area (Å²) in [7, 11) is 1.89. The number of ether oxygens (including phenoxy) is 1. The smallest absolute Gasteiger partial charge is 0.193 e. The maximum Gasteiger partial charge on any atom is 0.193 e. The molecule has 2 aliphatic rings. The van der Waals surface area contributed by atoms with Gasteiger partial charge >= 0.3 is 0 Å². The molecule has 0 spiro atoms. The van der Waals surface area contributed by atoms with E-state index in [2.05, 4.69) is 72.9 Å². The van der Waals surface area contributed by atoms with Gasteiger partial charge in [-0.05, 0) is 23.1 Å². The number of rotatable bonds is 5. The van der Waals surface area contributed by atoms with Crippen LogP contribution in [0, 0.1) is 0 Å². The van der Waals surface area contributed by atoms with Gasteiger partial charge in [0.25, 0.3) is 0 Å².